The molecule has 0 amide bonds. The molecule has 0 atom stereocenters. The van der Waals surface area contributed by atoms with Crippen LogP contribution in [-0.4, -0.2) is 20.7 Å². The number of benzene rings is 3. The Kier molecular flexibility index (Phi) is 4.97. The predicted molar refractivity (Wildman–Crippen MR) is 112 cm³/mol. The fourth-order valence-corrected chi connectivity index (χ4v) is 3.63. The summed E-state index contributed by atoms with van der Waals surface area (Å²) in [7, 11) is 0. The second kappa shape index (κ2) is 7.73. The van der Waals surface area contributed by atoms with E-state index < -0.39 is 5.97 Å². The minimum Gasteiger partial charge on any atom is -0.477 e. The fourth-order valence-electron chi connectivity index (χ4n) is 3.63. The normalized spacial score (nSPS) is 10.9. The first-order valence-electron chi connectivity index (χ1n) is 9.23. The number of carboxylic acids is 1. The van der Waals surface area contributed by atoms with Crippen molar-refractivity contribution in [3.63, 3.8) is 0 Å². The standard InChI is InChI=1S/C24H19NO4/c26-15-17-11-12-19-20(13-17)21(18-9-5-2-6-10-18)22(24(28)29)25(23(19)27)14-16-7-3-1-4-8-16/h1-13,26H,14-15H2,(H,28,29). The van der Waals surface area contributed by atoms with Crippen LogP contribution in [0, 0.1) is 0 Å². The number of rotatable bonds is 5. The van der Waals surface area contributed by atoms with Gasteiger partial charge >= 0.3 is 5.97 Å². The molecular weight excluding hydrogens is 366 g/mol. The van der Waals surface area contributed by atoms with Gasteiger partial charge in [-0.2, -0.15) is 0 Å². The molecule has 4 rings (SSSR count). The van der Waals surface area contributed by atoms with Gasteiger partial charge in [0, 0.05) is 10.9 Å². The van der Waals surface area contributed by atoms with Gasteiger partial charge in [0.15, 0.2) is 0 Å². The first-order valence-corrected chi connectivity index (χ1v) is 9.23. The van der Waals surface area contributed by atoms with Crippen LogP contribution in [0.4, 0.5) is 0 Å². The van der Waals surface area contributed by atoms with Gasteiger partial charge < -0.3 is 10.2 Å². The Bertz CT molecular complexity index is 1240. The number of aliphatic hydroxyl groups excluding tert-OH is 1. The molecule has 0 aliphatic heterocycles. The predicted octanol–water partition coefficient (Wildman–Crippen LogP) is 3.91. The van der Waals surface area contributed by atoms with Gasteiger partial charge in [0.05, 0.1) is 13.2 Å². The number of aliphatic hydroxyl groups is 1. The Morgan fingerprint density at radius 1 is 0.828 bits per heavy atom. The zero-order chi connectivity index (χ0) is 20.4. The zero-order valence-corrected chi connectivity index (χ0v) is 15.6. The Morgan fingerprint density at radius 3 is 2.10 bits per heavy atom. The van der Waals surface area contributed by atoms with E-state index in [1.54, 1.807) is 18.2 Å². The van der Waals surface area contributed by atoms with Crippen molar-refractivity contribution < 1.29 is 15.0 Å². The monoisotopic (exact) mass is 385 g/mol. The maximum atomic E-state index is 13.3. The van der Waals surface area contributed by atoms with Crippen molar-refractivity contribution in [2.75, 3.05) is 0 Å². The van der Waals surface area contributed by atoms with Gasteiger partial charge in [-0.1, -0.05) is 66.7 Å². The lowest BCUT2D eigenvalue weighted by Crippen LogP contribution is -2.28. The van der Waals surface area contributed by atoms with Gasteiger partial charge in [0.25, 0.3) is 5.56 Å². The zero-order valence-electron chi connectivity index (χ0n) is 15.6. The van der Waals surface area contributed by atoms with Crippen LogP contribution >= 0.6 is 0 Å². The highest BCUT2D eigenvalue weighted by atomic mass is 16.4. The third-order valence-electron chi connectivity index (χ3n) is 4.97. The minimum atomic E-state index is -1.17. The van der Waals surface area contributed by atoms with E-state index in [0.717, 1.165) is 5.56 Å². The largest absolute Gasteiger partial charge is 0.477 e. The van der Waals surface area contributed by atoms with Gasteiger partial charge in [0.2, 0.25) is 0 Å². The first-order chi connectivity index (χ1) is 14.1. The molecule has 4 aromatic rings. The van der Waals surface area contributed by atoms with Crippen molar-refractivity contribution in [2.45, 2.75) is 13.2 Å². The van der Waals surface area contributed by atoms with Crippen LogP contribution < -0.4 is 5.56 Å². The molecule has 0 radical (unpaired) electrons. The number of aromatic carboxylic acids is 1. The number of hydrogen-bond donors (Lipinski definition) is 2. The van der Waals surface area contributed by atoms with E-state index in [1.165, 1.54) is 4.57 Å². The van der Waals surface area contributed by atoms with Crippen LogP contribution in [0.25, 0.3) is 21.9 Å². The molecule has 3 aromatic carbocycles. The SMILES string of the molecule is O=C(O)c1c(-c2ccccc2)c2cc(CO)ccc2c(=O)n1Cc1ccccc1. The number of pyridine rings is 1. The lowest BCUT2D eigenvalue weighted by molar-refractivity contribution is 0.0685. The van der Waals surface area contributed by atoms with Crippen LogP contribution in [0.1, 0.15) is 21.6 Å². The summed E-state index contributed by atoms with van der Waals surface area (Å²) in [5.41, 5.74) is 2.19. The summed E-state index contributed by atoms with van der Waals surface area (Å²) in [6.45, 7) is -0.0431. The molecule has 2 N–H and O–H groups in total. The average molecular weight is 385 g/mol. The van der Waals surface area contributed by atoms with Crippen LogP contribution in [0.3, 0.4) is 0 Å². The second-order valence-corrected chi connectivity index (χ2v) is 6.81. The summed E-state index contributed by atoms with van der Waals surface area (Å²) < 4.78 is 1.32. The molecule has 1 aromatic heterocycles. The Morgan fingerprint density at radius 2 is 1.48 bits per heavy atom. The van der Waals surface area contributed by atoms with Crippen molar-refractivity contribution in [3.05, 3.63) is 106 Å². The lowest BCUT2D eigenvalue weighted by atomic mass is 9.95. The van der Waals surface area contributed by atoms with E-state index in [1.807, 2.05) is 60.7 Å². The van der Waals surface area contributed by atoms with E-state index in [4.69, 9.17) is 0 Å². The van der Waals surface area contributed by atoms with E-state index in [0.29, 0.717) is 27.5 Å². The van der Waals surface area contributed by atoms with E-state index in [2.05, 4.69) is 0 Å². The van der Waals surface area contributed by atoms with Crippen LogP contribution in [0.2, 0.25) is 0 Å². The Hall–Kier alpha value is -3.70. The average Bonchev–Trinajstić information content (AvgIpc) is 2.76. The van der Waals surface area contributed by atoms with Gasteiger partial charge in [-0.05, 0) is 34.2 Å². The molecule has 5 nitrogen and oxygen atoms in total. The number of fused-ring (bicyclic) bond motifs is 1. The fraction of sp³-hybridized carbons (Fsp3) is 0.0833. The molecule has 5 heteroatoms. The van der Waals surface area contributed by atoms with Crippen molar-refractivity contribution in [2.24, 2.45) is 0 Å². The molecule has 0 saturated heterocycles. The molecule has 1 heterocycles. The molecule has 144 valence electrons. The van der Waals surface area contributed by atoms with Gasteiger partial charge in [-0.3, -0.25) is 9.36 Å². The molecule has 0 unspecified atom stereocenters. The number of nitrogens with zero attached hydrogens (tertiary/aromatic N) is 1. The summed E-state index contributed by atoms with van der Waals surface area (Å²) in [6, 6.07) is 23.5. The summed E-state index contributed by atoms with van der Waals surface area (Å²) in [4.78, 5) is 25.6. The van der Waals surface area contributed by atoms with Gasteiger partial charge in [-0.15, -0.1) is 0 Å². The van der Waals surface area contributed by atoms with Crippen molar-refractivity contribution in [1.29, 1.82) is 0 Å². The van der Waals surface area contributed by atoms with Crippen LogP contribution in [0.15, 0.2) is 83.7 Å². The summed E-state index contributed by atoms with van der Waals surface area (Å²) >= 11 is 0. The summed E-state index contributed by atoms with van der Waals surface area (Å²) in [5, 5.41) is 20.6. The lowest BCUT2D eigenvalue weighted by Gasteiger charge is -2.18. The van der Waals surface area contributed by atoms with Crippen molar-refractivity contribution >= 4 is 16.7 Å². The topological polar surface area (TPSA) is 79.5 Å². The van der Waals surface area contributed by atoms with Crippen LogP contribution in [-0.2, 0) is 13.2 Å². The first kappa shape index (κ1) is 18.7. The maximum Gasteiger partial charge on any atom is 0.353 e. The van der Waals surface area contributed by atoms with Crippen molar-refractivity contribution in [1.82, 2.24) is 4.57 Å². The maximum absolute atomic E-state index is 13.3. The number of aromatic nitrogens is 1. The quantitative estimate of drug-likeness (QED) is 0.546. The Balaban J connectivity index is 2.13. The molecule has 0 aliphatic rings. The van der Waals surface area contributed by atoms with E-state index >= 15 is 0 Å². The number of carboxylic acid groups (broad SMARTS) is 1. The molecule has 0 saturated carbocycles. The Labute approximate surface area is 167 Å². The molecule has 0 aliphatic carbocycles. The van der Waals surface area contributed by atoms with E-state index in [9.17, 15) is 19.8 Å². The van der Waals surface area contributed by atoms with Crippen molar-refractivity contribution in [3.8, 4) is 11.1 Å². The van der Waals surface area contributed by atoms with Crippen LogP contribution in [0.5, 0.6) is 0 Å². The second-order valence-electron chi connectivity index (χ2n) is 6.81. The third-order valence-corrected chi connectivity index (χ3v) is 4.97. The highest BCUT2D eigenvalue weighted by molar-refractivity contribution is 6.06. The summed E-state index contributed by atoms with van der Waals surface area (Å²) in [6.07, 6.45) is 0. The molecule has 0 fully saturated rings. The van der Waals surface area contributed by atoms with Gasteiger partial charge in [0.1, 0.15) is 5.69 Å². The molecular formula is C24H19NO4. The molecule has 29 heavy (non-hydrogen) atoms. The number of carbonyl (C=O) groups is 1. The summed E-state index contributed by atoms with van der Waals surface area (Å²) in [5.74, 6) is -1.17. The highest BCUT2D eigenvalue weighted by Crippen LogP contribution is 2.32. The third kappa shape index (κ3) is 3.44. The van der Waals surface area contributed by atoms with Gasteiger partial charge in [-0.25, -0.2) is 4.79 Å². The molecule has 0 spiro atoms. The highest BCUT2D eigenvalue weighted by Gasteiger charge is 2.23. The smallest absolute Gasteiger partial charge is 0.353 e. The molecule has 0 bridgehead atoms. The number of hydrogen-bond acceptors (Lipinski definition) is 3. The van der Waals surface area contributed by atoms with E-state index in [-0.39, 0.29) is 24.4 Å². The minimum absolute atomic E-state index is 0.0624.